The van der Waals surface area contributed by atoms with Crippen molar-refractivity contribution < 1.29 is 0 Å². The molecule has 0 N–H and O–H groups in total. The molecule has 3 rings (SSSR count). The molecule has 3 saturated carbocycles. The van der Waals surface area contributed by atoms with Crippen molar-refractivity contribution >= 4 is 0 Å². The van der Waals surface area contributed by atoms with E-state index in [0.29, 0.717) is 5.41 Å². The third-order valence-electron chi connectivity index (χ3n) is 6.06. The zero-order valence-electron chi connectivity index (χ0n) is 10.7. The van der Waals surface area contributed by atoms with Crippen LogP contribution >= 0.6 is 0 Å². The minimum absolute atomic E-state index is 0.679. The van der Waals surface area contributed by atoms with Gasteiger partial charge in [0.15, 0.2) is 0 Å². The molecule has 15 heavy (non-hydrogen) atoms. The van der Waals surface area contributed by atoms with E-state index < -0.39 is 0 Å². The molecule has 0 aromatic rings. The van der Waals surface area contributed by atoms with E-state index in [1.54, 1.807) is 12.8 Å². The lowest BCUT2D eigenvalue weighted by Crippen LogP contribution is -2.46. The predicted molar refractivity (Wildman–Crippen MR) is 64.7 cm³/mol. The molecule has 4 atom stereocenters. The van der Waals surface area contributed by atoms with Crippen molar-refractivity contribution in [1.29, 1.82) is 0 Å². The SMILES string of the molecule is CC12CCCC(C1)C1CC(C)(C)C1CC2. The lowest BCUT2D eigenvalue weighted by atomic mass is 9.51. The quantitative estimate of drug-likeness (QED) is 0.541. The second kappa shape index (κ2) is 3.02. The highest BCUT2D eigenvalue weighted by molar-refractivity contribution is 5.03. The molecule has 0 radical (unpaired) electrons. The summed E-state index contributed by atoms with van der Waals surface area (Å²) in [4.78, 5) is 0. The Morgan fingerprint density at radius 2 is 1.73 bits per heavy atom. The maximum absolute atomic E-state index is 2.57. The van der Waals surface area contributed by atoms with Crippen molar-refractivity contribution in [2.45, 2.75) is 65.7 Å². The topological polar surface area (TPSA) is 0 Å². The van der Waals surface area contributed by atoms with Crippen LogP contribution in [0.15, 0.2) is 0 Å². The Labute approximate surface area is 94.8 Å². The van der Waals surface area contributed by atoms with Gasteiger partial charge in [-0.15, -0.1) is 0 Å². The Bertz CT molecular complexity index is 265. The third-order valence-corrected chi connectivity index (χ3v) is 6.06. The van der Waals surface area contributed by atoms with Gasteiger partial charge in [0.2, 0.25) is 0 Å². The zero-order valence-corrected chi connectivity index (χ0v) is 10.7. The fourth-order valence-corrected chi connectivity index (χ4v) is 5.14. The lowest BCUT2D eigenvalue weighted by molar-refractivity contribution is -0.0506. The van der Waals surface area contributed by atoms with Gasteiger partial charge in [0, 0.05) is 0 Å². The summed E-state index contributed by atoms with van der Waals surface area (Å²) in [7, 11) is 0. The van der Waals surface area contributed by atoms with Gasteiger partial charge in [0.25, 0.3) is 0 Å². The predicted octanol–water partition coefficient (Wildman–Crippen LogP) is 4.64. The van der Waals surface area contributed by atoms with E-state index in [1.807, 2.05) is 0 Å². The summed E-state index contributed by atoms with van der Waals surface area (Å²) in [5, 5.41) is 0. The average Bonchev–Trinajstić information content (AvgIpc) is 2.21. The highest BCUT2D eigenvalue weighted by atomic mass is 14.6. The monoisotopic (exact) mass is 206 g/mol. The Balaban J connectivity index is 1.84. The number of hydrogen-bond donors (Lipinski definition) is 0. The van der Waals surface area contributed by atoms with Crippen LogP contribution in [0.4, 0.5) is 0 Å². The van der Waals surface area contributed by atoms with Crippen molar-refractivity contribution in [3.05, 3.63) is 0 Å². The fourth-order valence-electron chi connectivity index (χ4n) is 5.14. The van der Waals surface area contributed by atoms with Crippen molar-refractivity contribution in [1.82, 2.24) is 0 Å². The molecule has 0 heterocycles. The summed E-state index contributed by atoms with van der Waals surface area (Å²) in [6, 6.07) is 0. The molecule has 86 valence electrons. The van der Waals surface area contributed by atoms with Gasteiger partial charge in [0.1, 0.15) is 0 Å². The number of fused-ring (bicyclic) bond motifs is 4. The van der Waals surface area contributed by atoms with Gasteiger partial charge in [0.05, 0.1) is 0 Å². The van der Waals surface area contributed by atoms with E-state index in [9.17, 15) is 0 Å². The highest BCUT2D eigenvalue weighted by Crippen LogP contribution is 2.63. The van der Waals surface area contributed by atoms with Gasteiger partial charge < -0.3 is 0 Å². The molecule has 0 saturated heterocycles. The van der Waals surface area contributed by atoms with Crippen molar-refractivity contribution in [3.63, 3.8) is 0 Å². The van der Waals surface area contributed by atoms with Crippen LogP contribution in [0.5, 0.6) is 0 Å². The molecule has 3 aliphatic rings. The van der Waals surface area contributed by atoms with Gasteiger partial charge in [-0.25, -0.2) is 0 Å². The largest absolute Gasteiger partial charge is 0.0596 e. The van der Waals surface area contributed by atoms with Crippen molar-refractivity contribution in [2.24, 2.45) is 28.6 Å². The first-order valence-electron chi connectivity index (χ1n) is 7.00. The van der Waals surface area contributed by atoms with E-state index in [-0.39, 0.29) is 0 Å². The smallest absolute Gasteiger partial charge is 0.0320 e. The van der Waals surface area contributed by atoms with Gasteiger partial charge >= 0.3 is 0 Å². The van der Waals surface area contributed by atoms with Crippen LogP contribution < -0.4 is 0 Å². The summed E-state index contributed by atoms with van der Waals surface area (Å²) in [5.41, 5.74) is 1.41. The summed E-state index contributed by atoms with van der Waals surface area (Å²) < 4.78 is 0. The summed E-state index contributed by atoms with van der Waals surface area (Å²) in [5.74, 6) is 3.29. The van der Waals surface area contributed by atoms with E-state index in [4.69, 9.17) is 0 Å². The van der Waals surface area contributed by atoms with Crippen molar-refractivity contribution in [2.75, 3.05) is 0 Å². The molecule has 2 bridgehead atoms. The molecule has 3 fully saturated rings. The van der Waals surface area contributed by atoms with Gasteiger partial charge in [-0.2, -0.15) is 0 Å². The van der Waals surface area contributed by atoms with Crippen LogP contribution in [0, 0.1) is 28.6 Å². The van der Waals surface area contributed by atoms with E-state index in [1.165, 1.54) is 32.1 Å². The van der Waals surface area contributed by atoms with Crippen LogP contribution in [0.1, 0.15) is 65.7 Å². The normalized spacial score (nSPS) is 52.6. The van der Waals surface area contributed by atoms with Crippen LogP contribution in [-0.4, -0.2) is 0 Å². The first-order valence-corrected chi connectivity index (χ1v) is 7.00. The molecule has 4 unspecified atom stereocenters. The second-order valence-electron chi connectivity index (χ2n) is 7.67. The molecule has 0 amide bonds. The Kier molecular flexibility index (Phi) is 2.05. The fraction of sp³-hybridized carbons (Fsp3) is 1.00. The van der Waals surface area contributed by atoms with E-state index in [2.05, 4.69) is 20.8 Å². The van der Waals surface area contributed by atoms with Gasteiger partial charge in [-0.1, -0.05) is 33.6 Å². The summed E-state index contributed by atoms with van der Waals surface area (Å²) in [6.45, 7) is 7.58. The van der Waals surface area contributed by atoms with Crippen LogP contribution in [-0.2, 0) is 0 Å². The van der Waals surface area contributed by atoms with E-state index >= 15 is 0 Å². The molecule has 0 heteroatoms. The van der Waals surface area contributed by atoms with Crippen LogP contribution in [0.25, 0.3) is 0 Å². The second-order valence-corrected chi connectivity index (χ2v) is 7.67. The van der Waals surface area contributed by atoms with Crippen LogP contribution in [0.3, 0.4) is 0 Å². The summed E-state index contributed by atoms with van der Waals surface area (Å²) in [6.07, 6.45) is 10.7. The maximum Gasteiger partial charge on any atom is -0.0320 e. The molecule has 0 spiro atoms. The maximum atomic E-state index is 2.57. The lowest BCUT2D eigenvalue weighted by Gasteiger charge is -2.54. The van der Waals surface area contributed by atoms with Gasteiger partial charge in [-0.05, 0) is 60.7 Å². The average molecular weight is 206 g/mol. The molecule has 0 aromatic carbocycles. The zero-order chi connectivity index (χ0) is 10.7. The summed E-state index contributed by atoms with van der Waals surface area (Å²) >= 11 is 0. The Morgan fingerprint density at radius 3 is 2.47 bits per heavy atom. The van der Waals surface area contributed by atoms with Gasteiger partial charge in [-0.3, -0.25) is 0 Å². The molecule has 0 aromatic heterocycles. The number of hydrogen-bond acceptors (Lipinski definition) is 0. The van der Waals surface area contributed by atoms with Crippen LogP contribution in [0.2, 0.25) is 0 Å². The minimum atomic E-state index is 0.679. The Hall–Kier alpha value is 0. The standard InChI is InChI=1S/C15H26/c1-14(2)10-12-11-5-4-7-15(3,9-11)8-6-13(12)14/h11-13H,4-10H2,1-3H3. The third kappa shape index (κ3) is 1.47. The molecular formula is C15H26. The minimum Gasteiger partial charge on any atom is -0.0596 e. The molecular weight excluding hydrogens is 180 g/mol. The number of rotatable bonds is 0. The van der Waals surface area contributed by atoms with E-state index in [0.717, 1.165) is 23.2 Å². The molecule has 0 nitrogen and oxygen atoms in total. The van der Waals surface area contributed by atoms with Crippen molar-refractivity contribution in [3.8, 4) is 0 Å². The molecule has 0 aliphatic heterocycles. The first kappa shape index (κ1) is 10.2. The highest BCUT2D eigenvalue weighted by Gasteiger charge is 2.53. The Morgan fingerprint density at radius 1 is 0.933 bits per heavy atom. The first-order chi connectivity index (χ1) is 7.00. The molecule has 3 aliphatic carbocycles.